The van der Waals surface area contributed by atoms with E-state index < -0.39 is 5.41 Å². The number of primary amides is 1. The van der Waals surface area contributed by atoms with E-state index in [9.17, 15) is 4.79 Å². The quantitative estimate of drug-likeness (QED) is 0.647. The van der Waals surface area contributed by atoms with Crippen molar-refractivity contribution in [2.24, 2.45) is 11.1 Å². The number of rotatable bonds is 8. The summed E-state index contributed by atoms with van der Waals surface area (Å²) in [6.07, 6.45) is 0.973. The lowest BCUT2D eigenvalue weighted by Crippen LogP contribution is -2.37. The summed E-state index contributed by atoms with van der Waals surface area (Å²) in [7, 11) is 3.71. The van der Waals surface area contributed by atoms with Gasteiger partial charge >= 0.3 is 0 Å². The van der Waals surface area contributed by atoms with Gasteiger partial charge in [0.2, 0.25) is 23.8 Å². The minimum Gasteiger partial charge on any atom is -0.369 e. The molecule has 1 amide bonds. The van der Waals surface area contributed by atoms with Gasteiger partial charge in [-0.1, -0.05) is 6.92 Å². The molecule has 118 valence electrons. The Labute approximate surface area is 125 Å². The van der Waals surface area contributed by atoms with Gasteiger partial charge in [-0.15, -0.1) is 0 Å². The maximum atomic E-state index is 11.3. The normalized spacial score (nSPS) is 11.1. The number of nitrogens with two attached hydrogens (primary N) is 1. The van der Waals surface area contributed by atoms with E-state index in [4.69, 9.17) is 5.73 Å². The Balaban J connectivity index is 2.89. The summed E-state index contributed by atoms with van der Waals surface area (Å²) in [6, 6.07) is 0. The number of aromatic nitrogens is 3. The van der Waals surface area contributed by atoms with Gasteiger partial charge in [-0.3, -0.25) is 4.79 Å². The highest BCUT2D eigenvalue weighted by molar-refractivity contribution is 5.80. The first-order chi connectivity index (χ1) is 9.76. The molecule has 0 radical (unpaired) electrons. The number of nitrogens with one attached hydrogen (secondary N) is 2. The summed E-state index contributed by atoms with van der Waals surface area (Å²) < 4.78 is 0. The van der Waals surface area contributed by atoms with Crippen molar-refractivity contribution in [1.29, 1.82) is 0 Å². The SMILES string of the molecule is CCCNc1nc(NCC(C)(C)C(N)=O)nc(N(C)C)n1. The van der Waals surface area contributed by atoms with Gasteiger partial charge in [0.1, 0.15) is 0 Å². The van der Waals surface area contributed by atoms with Crippen molar-refractivity contribution in [3.63, 3.8) is 0 Å². The Morgan fingerprint density at radius 2 is 1.76 bits per heavy atom. The van der Waals surface area contributed by atoms with Crippen LogP contribution in [0.15, 0.2) is 0 Å². The first-order valence-corrected chi connectivity index (χ1v) is 6.97. The Morgan fingerprint density at radius 3 is 2.24 bits per heavy atom. The average molecular weight is 295 g/mol. The largest absolute Gasteiger partial charge is 0.369 e. The van der Waals surface area contributed by atoms with Crippen LogP contribution in [0.5, 0.6) is 0 Å². The van der Waals surface area contributed by atoms with Crippen LogP contribution in [-0.4, -0.2) is 48.0 Å². The van der Waals surface area contributed by atoms with E-state index in [1.54, 1.807) is 18.7 Å². The van der Waals surface area contributed by atoms with Gasteiger partial charge in [0, 0.05) is 27.2 Å². The lowest BCUT2D eigenvalue weighted by atomic mass is 9.93. The summed E-state index contributed by atoms with van der Waals surface area (Å²) in [4.78, 5) is 26.0. The Bertz CT molecular complexity index is 487. The summed E-state index contributed by atoms with van der Waals surface area (Å²) in [5.41, 5.74) is 4.68. The molecule has 1 rings (SSSR count). The van der Waals surface area contributed by atoms with Gasteiger partial charge in [-0.25, -0.2) is 0 Å². The van der Waals surface area contributed by atoms with Crippen LogP contribution in [0.25, 0.3) is 0 Å². The molecule has 0 saturated heterocycles. The van der Waals surface area contributed by atoms with Crippen molar-refractivity contribution in [3.05, 3.63) is 0 Å². The molecule has 0 atom stereocenters. The molecule has 1 aromatic heterocycles. The van der Waals surface area contributed by atoms with Gasteiger partial charge < -0.3 is 21.3 Å². The van der Waals surface area contributed by atoms with Gasteiger partial charge in [-0.05, 0) is 20.3 Å². The van der Waals surface area contributed by atoms with E-state index in [2.05, 4.69) is 32.5 Å². The van der Waals surface area contributed by atoms with Crippen LogP contribution >= 0.6 is 0 Å². The third kappa shape index (κ3) is 5.05. The Kier molecular flexibility index (Phi) is 5.69. The number of hydrogen-bond donors (Lipinski definition) is 3. The van der Waals surface area contributed by atoms with Crippen LogP contribution in [-0.2, 0) is 4.79 Å². The molecule has 0 aliphatic carbocycles. The van der Waals surface area contributed by atoms with E-state index in [1.807, 2.05) is 14.1 Å². The van der Waals surface area contributed by atoms with Gasteiger partial charge in [0.25, 0.3) is 0 Å². The highest BCUT2D eigenvalue weighted by Crippen LogP contribution is 2.16. The molecule has 8 nitrogen and oxygen atoms in total. The van der Waals surface area contributed by atoms with Crippen molar-refractivity contribution in [1.82, 2.24) is 15.0 Å². The molecule has 0 aromatic carbocycles. The van der Waals surface area contributed by atoms with Gasteiger partial charge in [0.05, 0.1) is 5.41 Å². The molecule has 8 heteroatoms. The van der Waals surface area contributed by atoms with E-state index in [0.29, 0.717) is 24.4 Å². The molecule has 4 N–H and O–H groups in total. The van der Waals surface area contributed by atoms with Crippen molar-refractivity contribution in [3.8, 4) is 0 Å². The second kappa shape index (κ2) is 7.05. The van der Waals surface area contributed by atoms with Crippen molar-refractivity contribution >= 4 is 23.8 Å². The highest BCUT2D eigenvalue weighted by atomic mass is 16.1. The fourth-order valence-corrected chi connectivity index (χ4v) is 1.35. The lowest BCUT2D eigenvalue weighted by Gasteiger charge is -2.21. The van der Waals surface area contributed by atoms with E-state index in [1.165, 1.54) is 0 Å². The predicted molar refractivity (Wildman–Crippen MR) is 84.4 cm³/mol. The molecular formula is C13H25N7O. The van der Waals surface area contributed by atoms with Crippen LogP contribution in [0, 0.1) is 5.41 Å². The standard InChI is InChI=1S/C13H25N7O/c1-6-7-15-10-17-11(19-12(18-10)20(4)5)16-8-13(2,3)9(14)21/h6-8H2,1-5H3,(H2,14,21)(H2,15,16,17,18,19). The number of carbonyl (C=O) groups is 1. The zero-order chi connectivity index (χ0) is 16.0. The first-order valence-electron chi connectivity index (χ1n) is 6.97. The molecule has 0 fully saturated rings. The number of anilines is 3. The lowest BCUT2D eigenvalue weighted by molar-refractivity contribution is -0.125. The smallest absolute Gasteiger partial charge is 0.231 e. The minimum absolute atomic E-state index is 0.354. The predicted octanol–water partition coefficient (Wildman–Crippen LogP) is 0.683. The topological polar surface area (TPSA) is 109 Å². The maximum Gasteiger partial charge on any atom is 0.231 e. The summed E-state index contributed by atoms with van der Waals surface area (Å²) in [5.74, 6) is 1.10. The van der Waals surface area contributed by atoms with Crippen LogP contribution in [0.1, 0.15) is 27.2 Å². The first kappa shape index (κ1) is 16.9. The van der Waals surface area contributed by atoms with Crippen LogP contribution in [0.4, 0.5) is 17.8 Å². The summed E-state index contributed by atoms with van der Waals surface area (Å²) in [5, 5.41) is 6.18. The minimum atomic E-state index is -0.679. The van der Waals surface area contributed by atoms with Crippen LogP contribution < -0.4 is 21.3 Å². The van der Waals surface area contributed by atoms with Crippen molar-refractivity contribution in [2.75, 3.05) is 42.7 Å². The second-order valence-corrected chi connectivity index (χ2v) is 5.71. The molecule has 21 heavy (non-hydrogen) atoms. The molecule has 0 aliphatic heterocycles. The number of nitrogens with zero attached hydrogens (tertiary/aromatic N) is 4. The monoisotopic (exact) mass is 295 g/mol. The molecule has 1 aromatic rings. The van der Waals surface area contributed by atoms with E-state index in [-0.39, 0.29) is 5.91 Å². The van der Waals surface area contributed by atoms with Crippen LogP contribution in [0.2, 0.25) is 0 Å². The zero-order valence-corrected chi connectivity index (χ0v) is 13.4. The molecule has 0 bridgehead atoms. The van der Waals surface area contributed by atoms with Crippen molar-refractivity contribution < 1.29 is 4.79 Å². The third-order valence-electron chi connectivity index (χ3n) is 2.91. The van der Waals surface area contributed by atoms with Crippen molar-refractivity contribution in [2.45, 2.75) is 27.2 Å². The average Bonchev–Trinajstić information content (AvgIpc) is 2.42. The maximum absolute atomic E-state index is 11.3. The van der Waals surface area contributed by atoms with E-state index in [0.717, 1.165) is 13.0 Å². The van der Waals surface area contributed by atoms with Gasteiger partial charge in [-0.2, -0.15) is 15.0 Å². The second-order valence-electron chi connectivity index (χ2n) is 5.71. The molecule has 0 saturated carbocycles. The van der Waals surface area contributed by atoms with Crippen LogP contribution in [0.3, 0.4) is 0 Å². The fraction of sp³-hybridized carbons (Fsp3) is 0.692. The summed E-state index contributed by atoms with van der Waals surface area (Å²) >= 11 is 0. The van der Waals surface area contributed by atoms with E-state index >= 15 is 0 Å². The molecule has 1 heterocycles. The number of amides is 1. The molecule has 0 unspecified atom stereocenters. The molecule has 0 spiro atoms. The Hall–Kier alpha value is -2.12. The van der Waals surface area contributed by atoms with Gasteiger partial charge in [0.15, 0.2) is 0 Å². The highest BCUT2D eigenvalue weighted by Gasteiger charge is 2.25. The zero-order valence-electron chi connectivity index (χ0n) is 13.4. The number of hydrogen-bond acceptors (Lipinski definition) is 7. The fourth-order valence-electron chi connectivity index (χ4n) is 1.35. The molecular weight excluding hydrogens is 270 g/mol. The third-order valence-corrected chi connectivity index (χ3v) is 2.91. The number of carbonyl (C=O) groups excluding carboxylic acids is 1. The molecule has 0 aliphatic rings. The summed E-state index contributed by atoms with van der Waals surface area (Å²) in [6.45, 7) is 6.74. The Morgan fingerprint density at radius 1 is 1.19 bits per heavy atom.